The second-order valence-electron chi connectivity index (χ2n) is 4.44. The summed E-state index contributed by atoms with van der Waals surface area (Å²) in [5.41, 5.74) is 1.58. The number of hydrogen-bond donors (Lipinski definition) is 0. The SMILES string of the molecule is CCOc1ccccc1C(=O)COCc1ccccc1Br. The van der Waals surface area contributed by atoms with Gasteiger partial charge in [0.1, 0.15) is 12.4 Å². The molecule has 0 bridgehead atoms. The van der Waals surface area contributed by atoms with Crippen LogP contribution in [0.1, 0.15) is 22.8 Å². The van der Waals surface area contributed by atoms with Crippen molar-refractivity contribution in [2.45, 2.75) is 13.5 Å². The molecule has 3 nitrogen and oxygen atoms in total. The van der Waals surface area contributed by atoms with Gasteiger partial charge in [-0.1, -0.05) is 46.3 Å². The van der Waals surface area contributed by atoms with Crippen LogP contribution < -0.4 is 4.74 Å². The summed E-state index contributed by atoms with van der Waals surface area (Å²) in [6.07, 6.45) is 0. The van der Waals surface area contributed by atoms with Crippen LogP contribution in [0.5, 0.6) is 5.75 Å². The molecule has 4 heteroatoms. The number of rotatable bonds is 7. The second-order valence-corrected chi connectivity index (χ2v) is 5.29. The molecule has 2 rings (SSSR count). The molecule has 0 radical (unpaired) electrons. The first-order valence-corrected chi connectivity index (χ1v) is 7.58. The number of para-hydroxylation sites is 1. The molecule has 0 spiro atoms. The van der Waals surface area contributed by atoms with E-state index in [2.05, 4.69) is 15.9 Å². The fourth-order valence-corrected chi connectivity index (χ4v) is 2.32. The molecule has 0 aliphatic heterocycles. The maximum Gasteiger partial charge on any atom is 0.192 e. The monoisotopic (exact) mass is 348 g/mol. The van der Waals surface area contributed by atoms with E-state index < -0.39 is 0 Å². The molecule has 110 valence electrons. The van der Waals surface area contributed by atoms with Crippen LogP contribution >= 0.6 is 15.9 Å². The van der Waals surface area contributed by atoms with Gasteiger partial charge in [-0.25, -0.2) is 0 Å². The van der Waals surface area contributed by atoms with Gasteiger partial charge < -0.3 is 9.47 Å². The van der Waals surface area contributed by atoms with Crippen LogP contribution in [0.2, 0.25) is 0 Å². The predicted octanol–water partition coefficient (Wildman–Crippen LogP) is 4.25. The van der Waals surface area contributed by atoms with Crippen molar-refractivity contribution >= 4 is 21.7 Å². The average Bonchev–Trinajstić information content (AvgIpc) is 2.50. The van der Waals surface area contributed by atoms with Crippen molar-refractivity contribution in [3.8, 4) is 5.75 Å². The Bertz CT molecular complexity index is 610. The lowest BCUT2D eigenvalue weighted by molar-refractivity contribution is 0.0722. The van der Waals surface area contributed by atoms with Crippen molar-refractivity contribution in [1.82, 2.24) is 0 Å². The lowest BCUT2D eigenvalue weighted by Crippen LogP contribution is -2.11. The second kappa shape index (κ2) is 7.96. The molecule has 2 aromatic carbocycles. The van der Waals surface area contributed by atoms with Gasteiger partial charge in [0.2, 0.25) is 0 Å². The Morgan fingerprint density at radius 2 is 1.81 bits per heavy atom. The Kier molecular flexibility index (Phi) is 5.96. The number of halogens is 1. The van der Waals surface area contributed by atoms with Crippen LogP contribution in [0.25, 0.3) is 0 Å². The Hall–Kier alpha value is -1.65. The molecule has 0 amide bonds. The minimum atomic E-state index is -0.0777. The van der Waals surface area contributed by atoms with Gasteiger partial charge in [-0.15, -0.1) is 0 Å². The summed E-state index contributed by atoms with van der Waals surface area (Å²) in [5, 5.41) is 0. The van der Waals surface area contributed by atoms with Gasteiger partial charge in [0.15, 0.2) is 5.78 Å². The molecule has 0 atom stereocenters. The zero-order valence-electron chi connectivity index (χ0n) is 11.8. The highest BCUT2D eigenvalue weighted by atomic mass is 79.9. The summed E-state index contributed by atoms with van der Waals surface area (Å²) < 4.78 is 12.0. The van der Waals surface area contributed by atoms with E-state index >= 15 is 0 Å². The zero-order chi connectivity index (χ0) is 15.1. The van der Waals surface area contributed by atoms with E-state index in [-0.39, 0.29) is 12.4 Å². The summed E-state index contributed by atoms with van der Waals surface area (Å²) in [6, 6.07) is 15.0. The number of benzene rings is 2. The van der Waals surface area contributed by atoms with E-state index in [1.807, 2.05) is 43.3 Å². The minimum Gasteiger partial charge on any atom is -0.493 e. The zero-order valence-corrected chi connectivity index (χ0v) is 13.4. The fourth-order valence-electron chi connectivity index (χ4n) is 1.93. The van der Waals surface area contributed by atoms with Crippen LogP contribution in [-0.2, 0) is 11.3 Å². The van der Waals surface area contributed by atoms with E-state index in [9.17, 15) is 4.79 Å². The smallest absolute Gasteiger partial charge is 0.192 e. The van der Waals surface area contributed by atoms with Crippen molar-refractivity contribution in [3.05, 3.63) is 64.1 Å². The molecule has 0 fully saturated rings. The van der Waals surface area contributed by atoms with Crippen molar-refractivity contribution in [3.63, 3.8) is 0 Å². The molecule has 0 aromatic heterocycles. The first-order chi connectivity index (χ1) is 10.2. The normalized spacial score (nSPS) is 10.4. The summed E-state index contributed by atoms with van der Waals surface area (Å²) in [4.78, 5) is 12.2. The van der Waals surface area contributed by atoms with Gasteiger partial charge in [-0.05, 0) is 30.7 Å². The number of ketones is 1. The third-order valence-corrected chi connectivity index (χ3v) is 3.71. The van der Waals surface area contributed by atoms with Crippen molar-refractivity contribution in [1.29, 1.82) is 0 Å². The highest BCUT2D eigenvalue weighted by Gasteiger charge is 2.12. The van der Waals surface area contributed by atoms with Crippen molar-refractivity contribution in [2.24, 2.45) is 0 Å². The molecule has 0 saturated heterocycles. The van der Waals surface area contributed by atoms with Crippen LogP contribution in [0.15, 0.2) is 53.0 Å². The third-order valence-electron chi connectivity index (χ3n) is 2.94. The molecule has 21 heavy (non-hydrogen) atoms. The van der Waals surface area contributed by atoms with Crippen LogP contribution in [0, 0.1) is 0 Å². The lowest BCUT2D eigenvalue weighted by Gasteiger charge is -2.10. The van der Waals surface area contributed by atoms with E-state index in [1.54, 1.807) is 12.1 Å². The Balaban J connectivity index is 1.95. The molecular weight excluding hydrogens is 332 g/mol. The van der Waals surface area contributed by atoms with Crippen LogP contribution in [0.4, 0.5) is 0 Å². The highest BCUT2D eigenvalue weighted by molar-refractivity contribution is 9.10. The first-order valence-electron chi connectivity index (χ1n) is 6.78. The van der Waals surface area contributed by atoms with E-state index in [0.717, 1.165) is 10.0 Å². The molecule has 0 aliphatic carbocycles. The standard InChI is InChI=1S/C17H17BrO3/c1-2-21-17-10-6-4-8-14(17)16(19)12-20-11-13-7-3-5-9-15(13)18/h3-10H,2,11-12H2,1H3. The van der Waals surface area contributed by atoms with E-state index in [0.29, 0.717) is 24.5 Å². The van der Waals surface area contributed by atoms with E-state index in [4.69, 9.17) is 9.47 Å². The minimum absolute atomic E-state index is 0.0332. The lowest BCUT2D eigenvalue weighted by atomic mass is 10.1. The van der Waals surface area contributed by atoms with Crippen molar-refractivity contribution in [2.75, 3.05) is 13.2 Å². The number of carbonyl (C=O) groups excluding carboxylic acids is 1. The predicted molar refractivity (Wildman–Crippen MR) is 85.7 cm³/mol. The summed E-state index contributed by atoms with van der Waals surface area (Å²) in [6.45, 7) is 2.85. The quantitative estimate of drug-likeness (QED) is 0.701. The highest BCUT2D eigenvalue weighted by Crippen LogP contribution is 2.20. The van der Waals surface area contributed by atoms with Gasteiger partial charge >= 0.3 is 0 Å². The number of hydrogen-bond acceptors (Lipinski definition) is 3. The summed E-state index contributed by atoms with van der Waals surface area (Å²) in [5.74, 6) is 0.528. The van der Waals surface area contributed by atoms with Crippen molar-refractivity contribution < 1.29 is 14.3 Å². The Morgan fingerprint density at radius 1 is 1.10 bits per heavy atom. The van der Waals surface area contributed by atoms with Crippen LogP contribution in [-0.4, -0.2) is 19.0 Å². The topological polar surface area (TPSA) is 35.5 Å². The summed E-state index contributed by atoms with van der Waals surface area (Å²) >= 11 is 3.46. The maximum atomic E-state index is 12.2. The fraction of sp³-hybridized carbons (Fsp3) is 0.235. The molecule has 2 aromatic rings. The number of Topliss-reactive ketones (excluding diaryl/α,β-unsaturated/α-hetero) is 1. The molecule has 0 heterocycles. The van der Waals surface area contributed by atoms with Gasteiger partial charge in [0, 0.05) is 4.47 Å². The Labute approximate surface area is 133 Å². The molecule has 0 unspecified atom stereocenters. The van der Waals surface area contributed by atoms with Gasteiger partial charge in [-0.3, -0.25) is 4.79 Å². The van der Waals surface area contributed by atoms with Gasteiger partial charge in [0.05, 0.1) is 18.8 Å². The molecule has 0 N–H and O–H groups in total. The number of carbonyl (C=O) groups is 1. The molecule has 0 aliphatic rings. The Morgan fingerprint density at radius 3 is 2.57 bits per heavy atom. The average molecular weight is 349 g/mol. The van der Waals surface area contributed by atoms with E-state index in [1.165, 1.54) is 0 Å². The molecular formula is C17H17BrO3. The molecule has 0 saturated carbocycles. The van der Waals surface area contributed by atoms with Crippen LogP contribution in [0.3, 0.4) is 0 Å². The largest absolute Gasteiger partial charge is 0.493 e. The third kappa shape index (κ3) is 4.41. The maximum absolute atomic E-state index is 12.2. The summed E-state index contributed by atoms with van der Waals surface area (Å²) in [7, 11) is 0. The van der Waals surface area contributed by atoms with Gasteiger partial charge in [0.25, 0.3) is 0 Å². The number of ether oxygens (including phenoxy) is 2. The van der Waals surface area contributed by atoms with Gasteiger partial charge in [-0.2, -0.15) is 0 Å². The first kappa shape index (κ1) is 15.7.